The third-order valence-electron chi connectivity index (χ3n) is 3.93. The summed E-state index contributed by atoms with van der Waals surface area (Å²) in [6.45, 7) is 2.22. The highest BCUT2D eigenvalue weighted by Crippen LogP contribution is 2.17. The molecule has 1 aliphatic heterocycles. The van der Waals surface area contributed by atoms with Crippen molar-refractivity contribution in [2.45, 2.75) is 32.1 Å². The Morgan fingerprint density at radius 3 is 2.45 bits per heavy atom. The lowest BCUT2D eigenvalue weighted by molar-refractivity contribution is -0.137. The third-order valence-corrected chi connectivity index (χ3v) is 3.93. The molecule has 0 atom stereocenters. The molecule has 22 heavy (non-hydrogen) atoms. The number of amides is 1. The van der Waals surface area contributed by atoms with Crippen molar-refractivity contribution in [2.24, 2.45) is 0 Å². The Hall–Kier alpha value is -2.11. The van der Waals surface area contributed by atoms with Crippen LogP contribution in [-0.2, 0) is 4.79 Å². The molecule has 6 heteroatoms. The molecule has 120 valence electrons. The van der Waals surface area contributed by atoms with E-state index in [1.807, 2.05) is 6.07 Å². The van der Waals surface area contributed by atoms with Gasteiger partial charge in [-0.1, -0.05) is 12.8 Å². The van der Waals surface area contributed by atoms with Gasteiger partial charge in [-0.15, -0.1) is 0 Å². The molecule has 0 aliphatic carbocycles. The minimum absolute atomic E-state index is 0.0540. The van der Waals surface area contributed by atoms with Gasteiger partial charge in [-0.25, -0.2) is 4.98 Å². The highest BCUT2D eigenvalue weighted by molar-refractivity contribution is 5.94. The molecule has 1 saturated heterocycles. The van der Waals surface area contributed by atoms with Gasteiger partial charge in [0.25, 0.3) is 5.91 Å². The molecule has 2 rings (SSSR count). The van der Waals surface area contributed by atoms with Gasteiger partial charge in [0.2, 0.25) is 0 Å². The third kappa shape index (κ3) is 4.44. The van der Waals surface area contributed by atoms with Crippen molar-refractivity contribution >= 4 is 17.7 Å². The van der Waals surface area contributed by atoms with Crippen LogP contribution < -0.4 is 4.90 Å². The maximum absolute atomic E-state index is 12.2. The molecule has 1 amide bonds. The first-order valence-electron chi connectivity index (χ1n) is 7.76. The lowest BCUT2D eigenvalue weighted by atomic mass is 10.2. The van der Waals surface area contributed by atoms with Gasteiger partial charge in [-0.05, 0) is 25.0 Å². The van der Waals surface area contributed by atoms with Gasteiger partial charge in [0, 0.05) is 32.9 Å². The fourth-order valence-corrected chi connectivity index (χ4v) is 2.58. The molecule has 1 N–H and O–H groups in total. The summed E-state index contributed by atoms with van der Waals surface area (Å²) in [7, 11) is 1.61. The molecule has 1 aliphatic rings. The number of hydrogen-bond donors (Lipinski definition) is 1. The first-order chi connectivity index (χ1) is 10.6. The Morgan fingerprint density at radius 1 is 1.23 bits per heavy atom. The number of carboxylic acids is 1. The Labute approximate surface area is 130 Å². The molecule has 1 aromatic heterocycles. The van der Waals surface area contributed by atoms with Crippen molar-refractivity contribution in [1.29, 1.82) is 0 Å². The number of rotatable bonds is 5. The molecule has 6 nitrogen and oxygen atoms in total. The number of hydrogen-bond acceptors (Lipinski definition) is 4. The van der Waals surface area contributed by atoms with Crippen molar-refractivity contribution in [2.75, 3.05) is 31.6 Å². The van der Waals surface area contributed by atoms with E-state index < -0.39 is 5.97 Å². The largest absolute Gasteiger partial charge is 0.481 e. The van der Waals surface area contributed by atoms with Crippen LogP contribution in [0.4, 0.5) is 5.82 Å². The monoisotopic (exact) mass is 305 g/mol. The fourth-order valence-electron chi connectivity index (χ4n) is 2.58. The Morgan fingerprint density at radius 2 is 1.91 bits per heavy atom. The molecule has 1 fully saturated rings. The summed E-state index contributed by atoms with van der Waals surface area (Å²) in [5.74, 6) is -0.197. The number of pyridine rings is 1. The van der Waals surface area contributed by atoms with E-state index in [9.17, 15) is 9.59 Å². The van der Waals surface area contributed by atoms with Crippen molar-refractivity contribution in [3.8, 4) is 0 Å². The maximum atomic E-state index is 12.2. The highest BCUT2D eigenvalue weighted by atomic mass is 16.4. The second-order valence-corrected chi connectivity index (χ2v) is 5.68. The number of aromatic nitrogens is 1. The molecule has 0 saturated carbocycles. The smallest absolute Gasteiger partial charge is 0.305 e. The summed E-state index contributed by atoms with van der Waals surface area (Å²) < 4.78 is 0. The van der Waals surface area contributed by atoms with E-state index in [4.69, 9.17) is 5.11 Å². The minimum atomic E-state index is -0.908. The predicted octanol–water partition coefficient (Wildman–Crippen LogP) is 2.01. The maximum Gasteiger partial charge on any atom is 0.305 e. The lowest BCUT2D eigenvalue weighted by Crippen LogP contribution is -2.29. The van der Waals surface area contributed by atoms with E-state index in [2.05, 4.69) is 9.88 Å². The van der Waals surface area contributed by atoms with E-state index in [0.717, 1.165) is 18.9 Å². The van der Waals surface area contributed by atoms with Crippen LogP contribution in [0.1, 0.15) is 42.5 Å². The number of carbonyl (C=O) groups excluding carboxylic acids is 1. The van der Waals surface area contributed by atoms with Gasteiger partial charge in [0.1, 0.15) is 5.82 Å². The van der Waals surface area contributed by atoms with Crippen LogP contribution in [0.15, 0.2) is 18.3 Å². The molecular formula is C16H23N3O3. The van der Waals surface area contributed by atoms with Crippen LogP contribution in [0.5, 0.6) is 0 Å². The lowest BCUT2D eigenvalue weighted by Gasteiger charge is -2.22. The van der Waals surface area contributed by atoms with Gasteiger partial charge in [0.15, 0.2) is 0 Å². The van der Waals surface area contributed by atoms with E-state index in [0.29, 0.717) is 5.56 Å². The SMILES string of the molecule is CN(CCC(=O)O)C(=O)c1ccc(N2CCCCCC2)nc1. The molecule has 0 radical (unpaired) electrons. The first kappa shape index (κ1) is 16.3. The average molecular weight is 305 g/mol. The van der Waals surface area contributed by atoms with Crippen molar-refractivity contribution in [3.05, 3.63) is 23.9 Å². The predicted molar refractivity (Wildman–Crippen MR) is 84.1 cm³/mol. The summed E-state index contributed by atoms with van der Waals surface area (Å²) in [6, 6.07) is 3.65. The molecule has 1 aromatic rings. The zero-order chi connectivity index (χ0) is 15.9. The van der Waals surface area contributed by atoms with Crippen LogP contribution in [-0.4, -0.2) is 53.5 Å². The standard InChI is InChI=1S/C16H23N3O3/c1-18(11-8-15(20)21)16(22)13-6-7-14(17-12-13)19-9-4-2-3-5-10-19/h6-7,12H,2-5,8-11H2,1H3,(H,20,21). The molecular weight excluding hydrogens is 282 g/mol. The normalized spacial score (nSPS) is 15.2. The summed E-state index contributed by atoms with van der Waals surface area (Å²) in [5.41, 5.74) is 0.492. The number of anilines is 1. The highest BCUT2D eigenvalue weighted by Gasteiger charge is 2.15. The molecule has 0 aromatic carbocycles. The summed E-state index contributed by atoms with van der Waals surface area (Å²) in [5, 5.41) is 8.66. The Balaban J connectivity index is 1.98. The average Bonchev–Trinajstić information content (AvgIpc) is 2.81. The zero-order valence-corrected chi connectivity index (χ0v) is 13.0. The van der Waals surface area contributed by atoms with Gasteiger partial charge >= 0.3 is 5.97 Å². The molecule has 0 unspecified atom stereocenters. The van der Waals surface area contributed by atoms with Crippen LogP contribution in [0.2, 0.25) is 0 Å². The van der Waals surface area contributed by atoms with Crippen molar-refractivity contribution in [3.63, 3.8) is 0 Å². The number of carbonyl (C=O) groups is 2. The number of nitrogens with zero attached hydrogens (tertiary/aromatic N) is 3. The topological polar surface area (TPSA) is 73.7 Å². The summed E-state index contributed by atoms with van der Waals surface area (Å²) in [4.78, 5) is 30.8. The van der Waals surface area contributed by atoms with Crippen LogP contribution in [0.3, 0.4) is 0 Å². The zero-order valence-electron chi connectivity index (χ0n) is 13.0. The van der Waals surface area contributed by atoms with Crippen molar-refractivity contribution < 1.29 is 14.7 Å². The van der Waals surface area contributed by atoms with E-state index in [-0.39, 0.29) is 18.9 Å². The molecule has 0 spiro atoms. The quantitative estimate of drug-likeness (QED) is 0.901. The number of aliphatic carboxylic acids is 1. The van der Waals surface area contributed by atoms with Crippen LogP contribution in [0.25, 0.3) is 0 Å². The minimum Gasteiger partial charge on any atom is -0.481 e. The van der Waals surface area contributed by atoms with Crippen molar-refractivity contribution in [1.82, 2.24) is 9.88 Å². The molecule has 2 heterocycles. The van der Waals surface area contributed by atoms with E-state index in [1.54, 1.807) is 19.3 Å². The molecule has 0 bridgehead atoms. The number of carboxylic acid groups (broad SMARTS) is 1. The second-order valence-electron chi connectivity index (χ2n) is 5.68. The van der Waals surface area contributed by atoms with Crippen LogP contribution in [0, 0.1) is 0 Å². The van der Waals surface area contributed by atoms with E-state index in [1.165, 1.54) is 30.6 Å². The fraction of sp³-hybridized carbons (Fsp3) is 0.562. The first-order valence-corrected chi connectivity index (χ1v) is 7.76. The van der Waals surface area contributed by atoms with Gasteiger partial charge < -0.3 is 14.9 Å². The van der Waals surface area contributed by atoms with Gasteiger partial charge in [-0.2, -0.15) is 0 Å². The van der Waals surface area contributed by atoms with Crippen LogP contribution >= 0.6 is 0 Å². The van der Waals surface area contributed by atoms with Gasteiger partial charge in [0.05, 0.1) is 12.0 Å². The summed E-state index contributed by atoms with van der Waals surface area (Å²) in [6.07, 6.45) is 6.42. The Kier molecular flexibility index (Phi) is 5.75. The van der Waals surface area contributed by atoms with E-state index >= 15 is 0 Å². The second kappa shape index (κ2) is 7.77. The summed E-state index contributed by atoms with van der Waals surface area (Å²) >= 11 is 0. The Bertz CT molecular complexity index is 508. The van der Waals surface area contributed by atoms with Gasteiger partial charge in [-0.3, -0.25) is 9.59 Å².